The van der Waals surface area contributed by atoms with Crippen LogP contribution in [0.2, 0.25) is 10.0 Å². The highest BCUT2D eigenvalue weighted by Gasteiger charge is 2.05. The third-order valence-corrected chi connectivity index (χ3v) is 4.59. The molecule has 0 aliphatic heterocycles. The normalized spacial score (nSPS) is 13.2. The van der Waals surface area contributed by atoms with Gasteiger partial charge < -0.3 is 5.73 Å². The Morgan fingerprint density at radius 2 is 1.86 bits per heavy atom. The van der Waals surface area contributed by atoms with Crippen molar-refractivity contribution >= 4 is 40.1 Å². The van der Waals surface area contributed by atoms with Crippen LogP contribution in [0.4, 0.5) is 0 Å². The third kappa shape index (κ3) is 4.95. The summed E-state index contributed by atoms with van der Waals surface area (Å²) in [6, 6.07) is 15.7. The van der Waals surface area contributed by atoms with Gasteiger partial charge in [0.05, 0.1) is 16.1 Å². The maximum Gasteiger partial charge on any atom is 0.154 e. The molecule has 0 radical (unpaired) electrons. The number of amidine groups is 1. The number of aliphatic imine (C=N–C) groups is 1. The summed E-state index contributed by atoms with van der Waals surface area (Å²) >= 11 is 13.4. The van der Waals surface area contributed by atoms with E-state index in [1.54, 1.807) is 6.07 Å². The predicted octanol–water partition coefficient (Wildman–Crippen LogP) is 5.30. The average molecular weight is 339 g/mol. The van der Waals surface area contributed by atoms with Crippen LogP contribution in [0.5, 0.6) is 0 Å². The van der Waals surface area contributed by atoms with E-state index in [2.05, 4.69) is 4.99 Å². The molecule has 5 heteroatoms. The molecule has 2 nitrogen and oxygen atoms in total. The molecule has 2 N–H and O–H groups in total. The largest absolute Gasteiger partial charge is 0.379 e. The van der Waals surface area contributed by atoms with Crippen LogP contribution in [0.25, 0.3) is 0 Å². The maximum atomic E-state index is 5.99. The highest BCUT2D eigenvalue weighted by Crippen LogP contribution is 2.25. The van der Waals surface area contributed by atoms with E-state index in [1.165, 1.54) is 11.8 Å². The van der Waals surface area contributed by atoms with Crippen LogP contribution in [0.1, 0.15) is 24.1 Å². The van der Waals surface area contributed by atoms with Gasteiger partial charge in [-0.05, 0) is 30.2 Å². The Morgan fingerprint density at radius 3 is 2.52 bits per heavy atom. The molecule has 0 saturated carbocycles. The van der Waals surface area contributed by atoms with Crippen molar-refractivity contribution in [3.63, 3.8) is 0 Å². The van der Waals surface area contributed by atoms with Gasteiger partial charge in [0, 0.05) is 5.75 Å². The van der Waals surface area contributed by atoms with Gasteiger partial charge in [-0.3, -0.25) is 4.99 Å². The fourth-order valence-corrected chi connectivity index (χ4v) is 2.87. The van der Waals surface area contributed by atoms with Crippen molar-refractivity contribution in [3.8, 4) is 0 Å². The van der Waals surface area contributed by atoms with E-state index in [0.29, 0.717) is 21.0 Å². The molecular formula is C16H16Cl2N2S. The Kier molecular flexibility index (Phi) is 5.97. The minimum Gasteiger partial charge on any atom is -0.379 e. The number of hydrogen-bond acceptors (Lipinski definition) is 2. The summed E-state index contributed by atoms with van der Waals surface area (Å²) in [5, 5.41) is 1.69. The van der Waals surface area contributed by atoms with E-state index in [1.807, 2.05) is 49.4 Å². The fraction of sp³-hybridized carbons (Fsp3) is 0.188. The Hall–Kier alpha value is -1.16. The first-order chi connectivity index (χ1) is 10.1. The van der Waals surface area contributed by atoms with Gasteiger partial charge in [0.15, 0.2) is 5.17 Å². The summed E-state index contributed by atoms with van der Waals surface area (Å²) in [4.78, 5) is 4.50. The van der Waals surface area contributed by atoms with Crippen LogP contribution in [-0.2, 0) is 5.75 Å². The quantitative estimate of drug-likeness (QED) is 0.606. The Labute approximate surface area is 139 Å². The molecule has 21 heavy (non-hydrogen) atoms. The third-order valence-electron chi connectivity index (χ3n) is 2.97. The molecule has 0 aliphatic rings. The monoisotopic (exact) mass is 338 g/mol. The molecule has 110 valence electrons. The molecule has 2 rings (SSSR count). The number of halogens is 2. The van der Waals surface area contributed by atoms with Gasteiger partial charge in [-0.2, -0.15) is 0 Å². The summed E-state index contributed by atoms with van der Waals surface area (Å²) in [7, 11) is 0. The van der Waals surface area contributed by atoms with Crippen molar-refractivity contribution in [2.75, 3.05) is 0 Å². The lowest BCUT2D eigenvalue weighted by molar-refractivity contribution is 0.822. The number of nitrogens with zero attached hydrogens (tertiary/aromatic N) is 1. The second-order valence-corrected chi connectivity index (χ2v) is 6.40. The second kappa shape index (κ2) is 7.74. The van der Waals surface area contributed by atoms with Crippen molar-refractivity contribution < 1.29 is 0 Å². The van der Waals surface area contributed by atoms with Gasteiger partial charge in [-0.25, -0.2) is 0 Å². The van der Waals surface area contributed by atoms with Crippen LogP contribution in [0.15, 0.2) is 53.5 Å². The summed E-state index contributed by atoms with van der Waals surface area (Å²) < 4.78 is 0. The lowest BCUT2D eigenvalue weighted by Crippen LogP contribution is -2.09. The van der Waals surface area contributed by atoms with Gasteiger partial charge >= 0.3 is 0 Å². The summed E-state index contributed by atoms with van der Waals surface area (Å²) in [5.74, 6) is 0.716. The molecule has 0 spiro atoms. The molecule has 0 saturated heterocycles. The molecular weight excluding hydrogens is 323 g/mol. The highest BCUT2D eigenvalue weighted by atomic mass is 35.5. The van der Waals surface area contributed by atoms with Gasteiger partial charge in [-0.15, -0.1) is 0 Å². The standard InChI is InChI=1S/C16H16Cl2N2S/c1-11(13-5-3-2-4-6-13)20-16(19)21-10-12-7-8-14(17)15(18)9-12/h2-9,11H,10H2,1H3,(H2,19,20)/t11-/m0/s1. The SMILES string of the molecule is C[C@H](N=C(N)SCc1ccc(Cl)c(Cl)c1)c1ccccc1. The number of thioether (sulfide) groups is 1. The number of rotatable bonds is 4. The molecule has 2 aromatic rings. The molecule has 2 aromatic carbocycles. The van der Waals surface area contributed by atoms with Crippen LogP contribution >= 0.6 is 35.0 Å². The molecule has 0 fully saturated rings. The summed E-state index contributed by atoms with van der Waals surface area (Å²) in [6.45, 7) is 2.03. The molecule has 0 bridgehead atoms. The van der Waals surface area contributed by atoms with E-state index >= 15 is 0 Å². The zero-order valence-electron chi connectivity index (χ0n) is 11.6. The summed E-state index contributed by atoms with van der Waals surface area (Å²) in [6.07, 6.45) is 0. The van der Waals surface area contributed by atoms with Crippen LogP contribution < -0.4 is 5.73 Å². The topological polar surface area (TPSA) is 38.4 Å². The Balaban J connectivity index is 1.96. The van der Waals surface area contributed by atoms with Gasteiger partial charge in [0.2, 0.25) is 0 Å². The molecule has 0 unspecified atom stereocenters. The molecule has 0 aromatic heterocycles. The van der Waals surface area contributed by atoms with Crippen LogP contribution in [0.3, 0.4) is 0 Å². The zero-order valence-corrected chi connectivity index (χ0v) is 13.9. The average Bonchev–Trinajstić information content (AvgIpc) is 2.49. The first-order valence-corrected chi connectivity index (χ1v) is 8.25. The van der Waals surface area contributed by atoms with Gasteiger partial charge in [0.1, 0.15) is 0 Å². The first kappa shape index (κ1) is 16.2. The van der Waals surface area contributed by atoms with E-state index in [-0.39, 0.29) is 6.04 Å². The minimum absolute atomic E-state index is 0.0486. The Bertz CT molecular complexity index is 629. The molecule has 0 aliphatic carbocycles. The van der Waals surface area contributed by atoms with Crippen molar-refractivity contribution in [2.45, 2.75) is 18.7 Å². The van der Waals surface area contributed by atoms with Crippen LogP contribution in [-0.4, -0.2) is 5.17 Å². The fourth-order valence-electron chi connectivity index (χ4n) is 1.82. The Morgan fingerprint density at radius 1 is 1.14 bits per heavy atom. The minimum atomic E-state index is 0.0486. The van der Waals surface area contributed by atoms with Crippen LogP contribution in [0, 0.1) is 0 Å². The van der Waals surface area contributed by atoms with E-state index in [4.69, 9.17) is 28.9 Å². The lowest BCUT2D eigenvalue weighted by Gasteiger charge is -2.08. The van der Waals surface area contributed by atoms with Crippen molar-refractivity contribution in [2.24, 2.45) is 10.7 Å². The molecule has 0 heterocycles. The number of nitrogens with two attached hydrogens (primary N) is 1. The van der Waals surface area contributed by atoms with Gasteiger partial charge in [0.25, 0.3) is 0 Å². The second-order valence-electron chi connectivity index (χ2n) is 4.59. The van der Waals surface area contributed by atoms with E-state index in [0.717, 1.165) is 11.1 Å². The molecule has 1 atom stereocenters. The lowest BCUT2D eigenvalue weighted by atomic mass is 10.1. The van der Waals surface area contributed by atoms with Crippen molar-refractivity contribution in [1.82, 2.24) is 0 Å². The highest BCUT2D eigenvalue weighted by molar-refractivity contribution is 8.13. The maximum absolute atomic E-state index is 5.99. The first-order valence-electron chi connectivity index (χ1n) is 6.51. The molecule has 0 amide bonds. The predicted molar refractivity (Wildman–Crippen MR) is 94.2 cm³/mol. The number of hydrogen-bond donors (Lipinski definition) is 1. The zero-order chi connectivity index (χ0) is 15.2. The summed E-state index contributed by atoms with van der Waals surface area (Å²) in [5.41, 5.74) is 8.20. The number of benzene rings is 2. The van der Waals surface area contributed by atoms with Crippen molar-refractivity contribution in [3.05, 3.63) is 69.7 Å². The van der Waals surface area contributed by atoms with Gasteiger partial charge in [-0.1, -0.05) is 71.4 Å². The smallest absolute Gasteiger partial charge is 0.154 e. The van der Waals surface area contributed by atoms with E-state index < -0.39 is 0 Å². The van der Waals surface area contributed by atoms with E-state index in [9.17, 15) is 0 Å². The van der Waals surface area contributed by atoms with Crippen molar-refractivity contribution in [1.29, 1.82) is 0 Å².